The third kappa shape index (κ3) is 4.31. The predicted molar refractivity (Wildman–Crippen MR) is 138 cm³/mol. The fraction of sp³-hybridized carbons (Fsp3) is 0.172. The lowest BCUT2D eigenvalue weighted by Crippen LogP contribution is -2.39. The molecular weight excluding hydrogens is 473 g/mol. The number of H-pyrrole nitrogens is 1. The third-order valence-electron chi connectivity index (χ3n) is 6.73. The van der Waals surface area contributed by atoms with Gasteiger partial charge in [-0.1, -0.05) is 18.2 Å². The molecule has 3 aromatic carbocycles. The van der Waals surface area contributed by atoms with Gasteiger partial charge < -0.3 is 24.7 Å². The zero-order valence-corrected chi connectivity index (χ0v) is 20.1. The number of carbonyl (C=O) groups excluding carboxylic acids is 2. The van der Waals surface area contributed by atoms with Crippen LogP contribution in [0.15, 0.2) is 66.7 Å². The van der Waals surface area contributed by atoms with Crippen LogP contribution in [-0.2, 0) is 16.0 Å². The van der Waals surface area contributed by atoms with E-state index in [1.807, 2.05) is 35.2 Å². The maximum atomic E-state index is 14.1. The molecule has 37 heavy (non-hydrogen) atoms. The standard InChI is InChI=1S/C29H24FN3O4/c1-17(34)31-21-7-2-18(3-8-21)4-11-27(35)33-13-12-22-23-15-20(30)6-9-24(23)32-28(22)29(33)19-5-10-25-26(14-19)37-16-36-25/h2-11,14-15,29,32H,12-13,16H2,1H3,(H,31,34). The second-order valence-electron chi connectivity index (χ2n) is 9.14. The molecule has 2 amide bonds. The number of benzene rings is 3. The second kappa shape index (κ2) is 9.13. The lowest BCUT2D eigenvalue weighted by Gasteiger charge is -2.35. The van der Waals surface area contributed by atoms with Gasteiger partial charge >= 0.3 is 0 Å². The maximum Gasteiger partial charge on any atom is 0.247 e. The zero-order valence-electron chi connectivity index (χ0n) is 20.1. The Bertz CT molecular complexity index is 1560. The van der Waals surface area contributed by atoms with Gasteiger partial charge in [-0.2, -0.15) is 0 Å². The molecule has 2 aliphatic rings. The summed E-state index contributed by atoms with van der Waals surface area (Å²) in [6.07, 6.45) is 3.91. The van der Waals surface area contributed by atoms with Crippen molar-refractivity contribution >= 4 is 34.5 Å². The maximum absolute atomic E-state index is 14.1. The number of amides is 2. The van der Waals surface area contributed by atoms with Gasteiger partial charge in [0.1, 0.15) is 5.82 Å². The Kier molecular flexibility index (Phi) is 5.64. The van der Waals surface area contributed by atoms with Crippen molar-refractivity contribution in [2.45, 2.75) is 19.4 Å². The van der Waals surface area contributed by atoms with Gasteiger partial charge in [0.25, 0.3) is 0 Å². The fourth-order valence-corrected chi connectivity index (χ4v) is 5.07. The Morgan fingerprint density at radius 3 is 2.68 bits per heavy atom. The molecule has 7 nitrogen and oxygen atoms in total. The first kappa shape index (κ1) is 22.8. The average molecular weight is 498 g/mol. The van der Waals surface area contributed by atoms with Gasteiger partial charge in [-0.15, -0.1) is 0 Å². The van der Waals surface area contributed by atoms with E-state index in [4.69, 9.17) is 9.47 Å². The number of rotatable bonds is 4. The summed E-state index contributed by atoms with van der Waals surface area (Å²) in [6.45, 7) is 2.09. The van der Waals surface area contributed by atoms with E-state index in [-0.39, 0.29) is 24.4 Å². The Hall–Kier alpha value is -4.59. The number of hydrogen-bond acceptors (Lipinski definition) is 4. The van der Waals surface area contributed by atoms with Gasteiger partial charge in [0.15, 0.2) is 11.5 Å². The summed E-state index contributed by atoms with van der Waals surface area (Å²) in [4.78, 5) is 30.0. The van der Waals surface area contributed by atoms with Gasteiger partial charge in [-0.3, -0.25) is 9.59 Å². The highest BCUT2D eigenvalue weighted by atomic mass is 19.1. The van der Waals surface area contributed by atoms with Crippen LogP contribution in [0.5, 0.6) is 11.5 Å². The van der Waals surface area contributed by atoms with Crippen molar-refractivity contribution in [3.63, 3.8) is 0 Å². The fourth-order valence-electron chi connectivity index (χ4n) is 5.07. The van der Waals surface area contributed by atoms with Crippen molar-refractivity contribution < 1.29 is 23.5 Å². The van der Waals surface area contributed by atoms with Crippen molar-refractivity contribution in [1.29, 1.82) is 0 Å². The van der Waals surface area contributed by atoms with E-state index in [0.29, 0.717) is 30.2 Å². The molecule has 0 spiro atoms. The highest BCUT2D eigenvalue weighted by Crippen LogP contribution is 2.42. The second-order valence-corrected chi connectivity index (χ2v) is 9.14. The number of halogens is 1. The SMILES string of the molecule is CC(=O)Nc1ccc(C=CC(=O)N2CCc3c([nH]c4ccc(F)cc34)C2c2ccc3c(c2)OCO3)cc1. The quantitative estimate of drug-likeness (QED) is 0.381. The first-order valence-electron chi connectivity index (χ1n) is 12.0. The first-order valence-corrected chi connectivity index (χ1v) is 12.0. The van der Waals surface area contributed by atoms with Crippen molar-refractivity contribution in [3.8, 4) is 11.5 Å². The number of aromatic nitrogens is 1. The molecule has 0 saturated carbocycles. The van der Waals surface area contributed by atoms with Gasteiger partial charge in [0, 0.05) is 41.8 Å². The molecule has 8 heteroatoms. The van der Waals surface area contributed by atoms with Crippen LogP contribution in [-0.4, -0.2) is 35.0 Å². The van der Waals surface area contributed by atoms with E-state index in [1.165, 1.54) is 13.0 Å². The number of nitrogens with zero attached hydrogens (tertiary/aromatic N) is 1. The number of nitrogens with one attached hydrogen (secondary N) is 2. The molecule has 0 fully saturated rings. The number of fused-ring (bicyclic) bond motifs is 4. The average Bonchev–Trinajstić information content (AvgIpc) is 3.51. The summed E-state index contributed by atoms with van der Waals surface area (Å²) < 4.78 is 25.1. The molecule has 2 N–H and O–H groups in total. The van der Waals surface area contributed by atoms with Crippen LogP contribution in [0.4, 0.5) is 10.1 Å². The van der Waals surface area contributed by atoms with Gasteiger partial charge in [0.05, 0.1) is 6.04 Å². The summed E-state index contributed by atoms with van der Waals surface area (Å²) in [5, 5.41) is 3.57. The van der Waals surface area contributed by atoms with Crippen LogP contribution < -0.4 is 14.8 Å². The molecule has 1 atom stereocenters. The summed E-state index contributed by atoms with van der Waals surface area (Å²) in [6, 6.07) is 17.2. The molecule has 0 aliphatic carbocycles. The lowest BCUT2D eigenvalue weighted by atomic mass is 9.92. The summed E-state index contributed by atoms with van der Waals surface area (Å²) in [7, 11) is 0. The zero-order chi connectivity index (χ0) is 25.5. The number of aromatic amines is 1. The van der Waals surface area contributed by atoms with Crippen LogP contribution in [0, 0.1) is 5.82 Å². The smallest absolute Gasteiger partial charge is 0.247 e. The molecule has 2 aliphatic heterocycles. The molecule has 6 rings (SSSR count). The molecule has 1 aromatic heterocycles. The molecule has 0 saturated heterocycles. The monoisotopic (exact) mass is 497 g/mol. The van der Waals surface area contributed by atoms with Crippen LogP contribution in [0.2, 0.25) is 0 Å². The van der Waals surface area contributed by atoms with E-state index in [9.17, 15) is 14.0 Å². The van der Waals surface area contributed by atoms with Gasteiger partial charge in [-0.05, 0) is 71.7 Å². The molecule has 186 valence electrons. The third-order valence-corrected chi connectivity index (χ3v) is 6.73. The van der Waals surface area contributed by atoms with Crippen molar-refractivity contribution in [1.82, 2.24) is 9.88 Å². The van der Waals surface area contributed by atoms with Crippen LogP contribution >= 0.6 is 0 Å². The highest BCUT2D eigenvalue weighted by Gasteiger charge is 2.34. The molecule has 0 radical (unpaired) electrons. The van der Waals surface area contributed by atoms with Crippen molar-refractivity contribution in [2.24, 2.45) is 0 Å². The molecule has 3 heterocycles. The van der Waals surface area contributed by atoms with E-state index >= 15 is 0 Å². The number of ether oxygens (including phenoxy) is 2. The molecule has 1 unspecified atom stereocenters. The minimum atomic E-state index is -0.409. The Balaban J connectivity index is 1.35. The molecular formula is C29H24FN3O4. The van der Waals surface area contributed by atoms with Crippen molar-refractivity contribution in [3.05, 3.63) is 94.9 Å². The highest BCUT2D eigenvalue weighted by molar-refractivity contribution is 5.94. The van der Waals surface area contributed by atoms with E-state index in [2.05, 4.69) is 10.3 Å². The number of hydrogen-bond donors (Lipinski definition) is 2. The Morgan fingerprint density at radius 2 is 1.86 bits per heavy atom. The number of anilines is 1. The van der Waals surface area contributed by atoms with Crippen LogP contribution in [0.3, 0.4) is 0 Å². The minimum absolute atomic E-state index is 0.141. The number of carbonyl (C=O) groups is 2. The lowest BCUT2D eigenvalue weighted by molar-refractivity contribution is -0.128. The Labute approximate surface area is 212 Å². The van der Waals surface area contributed by atoms with Crippen molar-refractivity contribution in [2.75, 3.05) is 18.7 Å². The van der Waals surface area contributed by atoms with Gasteiger partial charge in [-0.25, -0.2) is 4.39 Å². The van der Waals surface area contributed by atoms with E-state index in [0.717, 1.165) is 33.3 Å². The first-order chi connectivity index (χ1) is 18.0. The predicted octanol–water partition coefficient (Wildman–Crippen LogP) is 5.18. The van der Waals surface area contributed by atoms with E-state index in [1.54, 1.807) is 36.4 Å². The minimum Gasteiger partial charge on any atom is -0.454 e. The molecule has 0 bridgehead atoms. The van der Waals surface area contributed by atoms with Crippen LogP contribution in [0.1, 0.15) is 35.3 Å². The normalized spacial score (nSPS) is 16.3. The van der Waals surface area contributed by atoms with Crippen LogP contribution in [0.25, 0.3) is 17.0 Å². The summed E-state index contributed by atoms with van der Waals surface area (Å²) >= 11 is 0. The summed E-state index contributed by atoms with van der Waals surface area (Å²) in [5.74, 6) is 0.717. The largest absolute Gasteiger partial charge is 0.454 e. The van der Waals surface area contributed by atoms with E-state index < -0.39 is 6.04 Å². The summed E-state index contributed by atoms with van der Waals surface area (Å²) in [5.41, 5.74) is 5.12. The molecule has 4 aromatic rings. The topological polar surface area (TPSA) is 83.7 Å². The Morgan fingerprint density at radius 1 is 1.05 bits per heavy atom. The van der Waals surface area contributed by atoms with Gasteiger partial charge in [0.2, 0.25) is 18.6 Å².